The van der Waals surface area contributed by atoms with E-state index in [0.29, 0.717) is 12.8 Å². The van der Waals surface area contributed by atoms with Crippen molar-refractivity contribution in [2.24, 2.45) is 5.73 Å². The number of rotatable bonds is 5. The number of fused-ring (bicyclic) bond motifs is 1. The fraction of sp³-hybridized carbons (Fsp3) is 0.312. The van der Waals surface area contributed by atoms with Gasteiger partial charge >= 0.3 is 5.97 Å². The summed E-state index contributed by atoms with van der Waals surface area (Å²) in [5, 5.41) is 2.09. The highest BCUT2D eigenvalue weighted by molar-refractivity contribution is 5.91. The van der Waals surface area contributed by atoms with Crippen molar-refractivity contribution in [2.45, 2.75) is 18.9 Å². The van der Waals surface area contributed by atoms with E-state index in [1.54, 1.807) is 7.11 Å². The third kappa shape index (κ3) is 2.91. The molecule has 0 radical (unpaired) electrons. The standard InChI is InChI=1S/C16H19NO3/c1-19-15-9-7-12(11-5-3-4-6-13(11)15)14(17)8-10-16(18)20-2/h3-7,9,14H,8,10,17H2,1-2H3. The largest absolute Gasteiger partial charge is 0.496 e. The van der Waals surface area contributed by atoms with Crippen LogP contribution in [0.3, 0.4) is 0 Å². The van der Waals surface area contributed by atoms with Crippen LogP contribution in [0.25, 0.3) is 10.8 Å². The maximum atomic E-state index is 11.2. The van der Waals surface area contributed by atoms with Gasteiger partial charge < -0.3 is 15.2 Å². The first-order valence-electron chi connectivity index (χ1n) is 6.55. The number of esters is 1. The molecule has 2 aromatic carbocycles. The molecular formula is C16H19NO3. The van der Waals surface area contributed by atoms with Crippen LogP contribution >= 0.6 is 0 Å². The smallest absolute Gasteiger partial charge is 0.305 e. The van der Waals surface area contributed by atoms with E-state index in [1.165, 1.54) is 7.11 Å². The lowest BCUT2D eigenvalue weighted by Crippen LogP contribution is -2.13. The molecule has 1 unspecified atom stereocenters. The van der Waals surface area contributed by atoms with Gasteiger partial charge in [-0.3, -0.25) is 4.79 Å². The Hall–Kier alpha value is -2.07. The zero-order chi connectivity index (χ0) is 14.5. The highest BCUT2D eigenvalue weighted by Gasteiger charge is 2.14. The maximum absolute atomic E-state index is 11.2. The molecule has 0 heterocycles. The normalized spacial score (nSPS) is 12.2. The summed E-state index contributed by atoms with van der Waals surface area (Å²) < 4.78 is 10.0. The highest BCUT2D eigenvalue weighted by Crippen LogP contribution is 2.32. The number of methoxy groups -OCH3 is 2. The van der Waals surface area contributed by atoms with Crippen molar-refractivity contribution in [1.82, 2.24) is 0 Å². The lowest BCUT2D eigenvalue weighted by molar-refractivity contribution is -0.140. The second kappa shape index (κ2) is 6.39. The predicted octanol–water partition coefficient (Wildman–Crippen LogP) is 2.80. The second-order valence-corrected chi connectivity index (χ2v) is 4.62. The Bertz CT molecular complexity index is 610. The van der Waals surface area contributed by atoms with Gasteiger partial charge in [0.1, 0.15) is 5.75 Å². The SMILES string of the molecule is COC(=O)CCC(N)c1ccc(OC)c2ccccc12. The van der Waals surface area contributed by atoms with Gasteiger partial charge in [-0.1, -0.05) is 30.3 Å². The summed E-state index contributed by atoms with van der Waals surface area (Å²) in [6.45, 7) is 0. The molecule has 1 atom stereocenters. The molecule has 0 aliphatic carbocycles. The lowest BCUT2D eigenvalue weighted by Gasteiger charge is -2.16. The third-order valence-electron chi connectivity index (χ3n) is 3.42. The fourth-order valence-corrected chi connectivity index (χ4v) is 2.33. The molecule has 0 fully saturated rings. The number of nitrogens with two attached hydrogens (primary N) is 1. The minimum atomic E-state index is -0.238. The summed E-state index contributed by atoms with van der Waals surface area (Å²) in [6.07, 6.45) is 0.876. The first-order chi connectivity index (χ1) is 9.67. The molecule has 0 aliphatic rings. The van der Waals surface area contributed by atoms with Gasteiger partial charge in [-0.25, -0.2) is 0 Å². The number of ether oxygens (including phenoxy) is 2. The molecule has 0 aromatic heterocycles. The van der Waals surface area contributed by atoms with Gasteiger partial charge in [0, 0.05) is 17.8 Å². The third-order valence-corrected chi connectivity index (χ3v) is 3.42. The molecule has 4 nitrogen and oxygen atoms in total. The molecular weight excluding hydrogens is 254 g/mol. The molecule has 20 heavy (non-hydrogen) atoms. The van der Waals surface area contributed by atoms with Crippen LogP contribution in [0.2, 0.25) is 0 Å². The quantitative estimate of drug-likeness (QED) is 0.851. The van der Waals surface area contributed by atoms with Crippen molar-refractivity contribution >= 4 is 16.7 Å². The zero-order valence-corrected chi connectivity index (χ0v) is 11.8. The Morgan fingerprint density at radius 2 is 1.85 bits per heavy atom. The van der Waals surface area contributed by atoms with E-state index in [0.717, 1.165) is 22.1 Å². The molecule has 0 bridgehead atoms. The molecule has 106 valence electrons. The van der Waals surface area contributed by atoms with Gasteiger partial charge in [-0.15, -0.1) is 0 Å². The molecule has 2 rings (SSSR count). The number of benzene rings is 2. The minimum absolute atomic E-state index is 0.204. The van der Waals surface area contributed by atoms with Crippen molar-refractivity contribution in [2.75, 3.05) is 14.2 Å². The van der Waals surface area contributed by atoms with E-state index in [9.17, 15) is 4.79 Å². The molecule has 2 N–H and O–H groups in total. The molecule has 0 saturated heterocycles. The summed E-state index contributed by atoms with van der Waals surface area (Å²) in [5.74, 6) is 0.586. The average Bonchev–Trinajstić information content (AvgIpc) is 2.51. The minimum Gasteiger partial charge on any atom is -0.496 e. The van der Waals surface area contributed by atoms with Gasteiger partial charge in [0.25, 0.3) is 0 Å². The van der Waals surface area contributed by atoms with E-state index in [-0.39, 0.29) is 12.0 Å². The Balaban J connectivity index is 2.32. The highest BCUT2D eigenvalue weighted by atomic mass is 16.5. The van der Waals surface area contributed by atoms with Crippen LogP contribution in [0, 0.1) is 0 Å². The van der Waals surface area contributed by atoms with Gasteiger partial charge in [0.15, 0.2) is 0 Å². The summed E-state index contributed by atoms with van der Waals surface area (Å²) in [5.41, 5.74) is 7.23. The Kier molecular flexibility index (Phi) is 4.58. The van der Waals surface area contributed by atoms with Crippen LogP contribution in [-0.4, -0.2) is 20.2 Å². The van der Waals surface area contributed by atoms with Crippen LogP contribution < -0.4 is 10.5 Å². The number of carbonyl (C=O) groups excluding carboxylic acids is 1. The van der Waals surface area contributed by atoms with Crippen LogP contribution in [0.15, 0.2) is 36.4 Å². The molecule has 0 saturated carbocycles. The number of hydrogen-bond donors (Lipinski definition) is 1. The lowest BCUT2D eigenvalue weighted by atomic mass is 9.96. The molecule has 0 spiro atoms. The van der Waals surface area contributed by atoms with Crippen LogP contribution in [0.1, 0.15) is 24.4 Å². The molecule has 4 heteroatoms. The van der Waals surface area contributed by atoms with Crippen LogP contribution in [-0.2, 0) is 9.53 Å². The van der Waals surface area contributed by atoms with E-state index in [2.05, 4.69) is 4.74 Å². The Labute approximate surface area is 118 Å². The Morgan fingerprint density at radius 1 is 1.15 bits per heavy atom. The first-order valence-corrected chi connectivity index (χ1v) is 6.55. The zero-order valence-electron chi connectivity index (χ0n) is 11.8. The molecule has 0 aliphatic heterocycles. The predicted molar refractivity (Wildman–Crippen MR) is 78.7 cm³/mol. The summed E-state index contributed by atoms with van der Waals surface area (Å²) >= 11 is 0. The summed E-state index contributed by atoms with van der Waals surface area (Å²) in [6, 6.07) is 11.6. The number of carbonyl (C=O) groups is 1. The van der Waals surface area contributed by atoms with E-state index in [1.807, 2.05) is 36.4 Å². The number of hydrogen-bond acceptors (Lipinski definition) is 4. The van der Waals surface area contributed by atoms with Gasteiger partial charge in [-0.05, 0) is 23.4 Å². The van der Waals surface area contributed by atoms with Crippen molar-refractivity contribution in [3.63, 3.8) is 0 Å². The molecule has 2 aromatic rings. The first kappa shape index (κ1) is 14.3. The summed E-state index contributed by atoms with van der Waals surface area (Å²) in [7, 11) is 3.04. The van der Waals surface area contributed by atoms with E-state index >= 15 is 0 Å². The average molecular weight is 273 g/mol. The van der Waals surface area contributed by atoms with Crippen LogP contribution in [0.5, 0.6) is 5.75 Å². The van der Waals surface area contributed by atoms with Crippen LogP contribution in [0.4, 0.5) is 0 Å². The second-order valence-electron chi connectivity index (χ2n) is 4.62. The van der Waals surface area contributed by atoms with Crippen molar-refractivity contribution < 1.29 is 14.3 Å². The summed E-state index contributed by atoms with van der Waals surface area (Å²) in [4.78, 5) is 11.2. The van der Waals surface area contributed by atoms with E-state index in [4.69, 9.17) is 10.5 Å². The van der Waals surface area contributed by atoms with Crippen molar-refractivity contribution in [3.8, 4) is 5.75 Å². The van der Waals surface area contributed by atoms with E-state index < -0.39 is 0 Å². The van der Waals surface area contributed by atoms with Crippen molar-refractivity contribution in [1.29, 1.82) is 0 Å². The fourth-order valence-electron chi connectivity index (χ4n) is 2.33. The molecule has 0 amide bonds. The Morgan fingerprint density at radius 3 is 2.50 bits per heavy atom. The van der Waals surface area contributed by atoms with Gasteiger partial charge in [0.05, 0.1) is 14.2 Å². The monoisotopic (exact) mass is 273 g/mol. The maximum Gasteiger partial charge on any atom is 0.305 e. The van der Waals surface area contributed by atoms with Gasteiger partial charge in [0.2, 0.25) is 0 Å². The topological polar surface area (TPSA) is 61.5 Å². The van der Waals surface area contributed by atoms with Gasteiger partial charge in [-0.2, -0.15) is 0 Å². The van der Waals surface area contributed by atoms with Crippen molar-refractivity contribution in [3.05, 3.63) is 42.0 Å².